The van der Waals surface area contributed by atoms with Gasteiger partial charge >= 0.3 is 5.97 Å². The number of hydrogen-bond donors (Lipinski definition) is 2. The Balaban J connectivity index is 1.92. The first-order valence-electron chi connectivity index (χ1n) is 10.2. The van der Waals surface area contributed by atoms with Crippen molar-refractivity contribution in [2.75, 3.05) is 25.3 Å². The van der Waals surface area contributed by atoms with E-state index in [1.807, 2.05) is 19.1 Å². The van der Waals surface area contributed by atoms with Crippen LogP contribution in [0, 0.1) is 24.2 Å². The van der Waals surface area contributed by atoms with Gasteiger partial charge in [0.2, 0.25) is 11.8 Å². The van der Waals surface area contributed by atoms with Gasteiger partial charge in [0, 0.05) is 10.4 Å². The van der Waals surface area contributed by atoms with Crippen LogP contribution in [-0.2, 0) is 19.1 Å². The molecule has 1 heterocycles. The first-order chi connectivity index (χ1) is 16.7. The standard InChI is InChI=1S/C24H21Br2N3O5S/c1-12-4-6-17(15(25)8-12)28-19(30)11-35-23-14(10-27)20(21(22(31)29-23)24(32)34-3)13-5-7-18(33-2)16(26)9-13/h4-9,20-21H,11H2,1-3H3,(H,28,30)(H,29,31)/t20-,21+/m0/s1. The number of benzene rings is 2. The maximum Gasteiger partial charge on any atom is 0.319 e. The van der Waals surface area contributed by atoms with Gasteiger partial charge in [0.25, 0.3) is 0 Å². The van der Waals surface area contributed by atoms with Gasteiger partial charge in [-0.2, -0.15) is 5.26 Å². The first-order valence-corrected chi connectivity index (χ1v) is 12.8. The number of halogens is 2. The van der Waals surface area contributed by atoms with Gasteiger partial charge in [0.1, 0.15) is 11.7 Å². The minimum absolute atomic E-state index is 0.0664. The molecule has 0 saturated carbocycles. The molecular formula is C24H21Br2N3O5S. The number of ether oxygens (including phenoxy) is 2. The zero-order valence-electron chi connectivity index (χ0n) is 19.0. The van der Waals surface area contributed by atoms with E-state index in [0.717, 1.165) is 21.8 Å². The number of nitrogens with one attached hydrogen (secondary N) is 2. The Bertz CT molecular complexity index is 1260. The quantitative estimate of drug-likeness (QED) is 0.341. The molecule has 0 aromatic heterocycles. The van der Waals surface area contributed by atoms with Crippen molar-refractivity contribution in [2.45, 2.75) is 12.8 Å². The number of anilines is 1. The van der Waals surface area contributed by atoms with E-state index in [9.17, 15) is 19.6 Å². The highest BCUT2D eigenvalue weighted by atomic mass is 79.9. The molecule has 35 heavy (non-hydrogen) atoms. The number of nitrogens with zero attached hydrogens (tertiary/aromatic N) is 1. The summed E-state index contributed by atoms with van der Waals surface area (Å²) in [6.07, 6.45) is 0. The van der Waals surface area contributed by atoms with Gasteiger partial charge in [0.15, 0.2) is 0 Å². The van der Waals surface area contributed by atoms with Crippen LogP contribution in [0.2, 0.25) is 0 Å². The van der Waals surface area contributed by atoms with Gasteiger partial charge in [-0.15, -0.1) is 0 Å². The predicted molar refractivity (Wildman–Crippen MR) is 140 cm³/mol. The molecule has 0 spiro atoms. The molecule has 2 aromatic carbocycles. The topological polar surface area (TPSA) is 118 Å². The SMILES string of the molecule is COC(=O)[C@H]1C(=O)NC(SCC(=O)Nc2ccc(C)cc2Br)=C(C#N)[C@@H]1c1ccc(OC)c(Br)c1. The van der Waals surface area contributed by atoms with Crippen molar-refractivity contribution in [2.24, 2.45) is 5.92 Å². The van der Waals surface area contributed by atoms with Crippen LogP contribution < -0.4 is 15.4 Å². The number of carbonyl (C=O) groups excluding carboxylic acids is 3. The molecule has 0 fully saturated rings. The third kappa shape index (κ3) is 6.07. The monoisotopic (exact) mass is 621 g/mol. The highest BCUT2D eigenvalue weighted by molar-refractivity contribution is 9.11. The number of thioether (sulfide) groups is 1. The van der Waals surface area contributed by atoms with E-state index in [0.29, 0.717) is 21.5 Å². The van der Waals surface area contributed by atoms with Crippen LogP contribution in [-0.4, -0.2) is 37.8 Å². The highest BCUT2D eigenvalue weighted by Gasteiger charge is 2.44. The molecule has 0 aliphatic carbocycles. The number of hydrogen-bond acceptors (Lipinski definition) is 7. The molecule has 0 bridgehead atoms. The molecule has 0 unspecified atom stereocenters. The Morgan fingerprint density at radius 3 is 2.51 bits per heavy atom. The van der Waals surface area contributed by atoms with Crippen molar-refractivity contribution in [3.63, 3.8) is 0 Å². The summed E-state index contributed by atoms with van der Waals surface area (Å²) >= 11 is 7.84. The molecule has 2 aromatic rings. The van der Waals surface area contributed by atoms with E-state index >= 15 is 0 Å². The Labute approximate surface area is 223 Å². The number of esters is 1. The highest BCUT2D eigenvalue weighted by Crippen LogP contribution is 2.42. The summed E-state index contributed by atoms with van der Waals surface area (Å²) in [5.41, 5.74) is 2.35. The average Bonchev–Trinajstić information content (AvgIpc) is 2.83. The Kier molecular flexibility index (Phi) is 8.99. The molecule has 2 amide bonds. The van der Waals surface area contributed by atoms with Crippen LogP contribution in [0.5, 0.6) is 5.75 Å². The Morgan fingerprint density at radius 1 is 1.17 bits per heavy atom. The number of nitriles is 1. The molecule has 3 rings (SSSR count). The van der Waals surface area contributed by atoms with Crippen molar-refractivity contribution in [1.82, 2.24) is 5.32 Å². The van der Waals surface area contributed by atoms with Crippen LogP contribution in [0.15, 0.2) is 55.9 Å². The number of rotatable bonds is 7. The summed E-state index contributed by atoms with van der Waals surface area (Å²) < 4.78 is 11.5. The smallest absolute Gasteiger partial charge is 0.319 e. The van der Waals surface area contributed by atoms with Crippen LogP contribution in [0.4, 0.5) is 5.69 Å². The van der Waals surface area contributed by atoms with Gasteiger partial charge < -0.3 is 20.1 Å². The molecule has 1 aliphatic heterocycles. The van der Waals surface area contributed by atoms with Gasteiger partial charge in [-0.1, -0.05) is 23.9 Å². The third-order valence-electron chi connectivity index (χ3n) is 5.26. The second kappa shape index (κ2) is 11.7. The summed E-state index contributed by atoms with van der Waals surface area (Å²) in [5, 5.41) is 15.6. The number of carbonyl (C=O) groups is 3. The van der Waals surface area contributed by atoms with Gasteiger partial charge in [-0.05, 0) is 74.2 Å². The summed E-state index contributed by atoms with van der Waals surface area (Å²) in [5.74, 6) is -3.38. The fourth-order valence-electron chi connectivity index (χ4n) is 3.60. The number of aryl methyl sites for hydroxylation is 1. The van der Waals surface area contributed by atoms with E-state index in [1.54, 1.807) is 24.3 Å². The molecule has 11 heteroatoms. The van der Waals surface area contributed by atoms with E-state index in [-0.39, 0.29) is 22.3 Å². The minimum atomic E-state index is -1.27. The zero-order valence-corrected chi connectivity index (χ0v) is 23.0. The fraction of sp³-hybridized carbons (Fsp3) is 0.250. The minimum Gasteiger partial charge on any atom is -0.496 e. The van der Waals surface area contributed by atoms with Crippen molar-refractivity contribution >= 4 is 67.1 Å². The van der Waals surface area contributed by atoms with Crippen molar-refractivity contribution in [3.05, 3.63) is 67.1 Å². The second-order valence-electron chi connectivity index (χ2n) is 7.54. The molecular weight excluding hydrogens is 602 g/mol. The van der Waals surface area contributed by atoms with Crippen LogP contribution in [0.3, 0.4) is 0 Å². The summed E-state index contributed by atoms with van der Waals surface area (Å²) in [7, 11) is 2.70. The maximum absolute atomic E-state index is 13.0. The normalized spacial score (nSPS) is 17.3. The van der Waals surface area contributed by atoms with Gasteiger partial charge in [-0.3, -0.25) is 14.4 Å². The van der Waals surface area contributed by atoms with Crippen LogP contribution in [0.1, 0.15) is 17.0 Å². The van der Waals surface area contributed by atoms with Crippen LogP contribution in [0.25, 0.3) is 0 Å². The Hall–Kier alpha value is -2.81. The van der Waals surface area contributed by atoms with E-state index < -0.39 is 23.7 Å². The largest absolute Gasteiger partial charge is 0.496 e. The summed E-state index contributed by atoms with van der Waals surface area (Å²) in [6, 6.07) is 12.7. The predicted octanol–water partition coefficient (Wildman–Crippen LogP) is 4.64. The first kappa shape index (κ1) is 26.8. The molecule has 2 atom stereocenters. The van der Waals surface area contributed by atoms with Crippen molar-refractivity contribution < 1.29 is 23.9 Å². The fourth-order valence-corrected chi connectivity index (χ4v) is 5.60. The Morgan fingerprint density at radius 2 is 1.91 bits per heavy atom. The third-order valence-corrected chi connectivity index (χ3v) is 7.56. The lowest BCUT2D eigenvalue weighted by atomic mass is 9.78. The molecule has 2 N–H and O–H groups in total. The van der Waals surface area contributed by atoms with Gasteiger partial charge in [0.05, 0.1) is 46.8 Å². The number of allylic oxidation sites excluding steroid dienone is 1. The van der Waals surface area contributed by atoms with Crippen LogP contribution >= 0.6 is 43.6 Å². The summed E-state index contributed by atoms with van der Waals surface area (Å²) in [6.45, 7) is 1.94. The zero-order chi connectivity index (χ0) is 25.7. The number of methoxy groups -OCH3 is 2. The lowest BCUT2D eigenvalue weighted by Crippen LogP contribution is -2.44. The summed E-state index contributed by atoms with van der Waals surface area (Å²) in [4.78, 5) is 38.1. The van der Waals surface area contributed by atoms with Crippen molar-refractivity contribution in [1.29, 1.82) is 5.26 Å². The molecule has 182 valence electrons. The molecule has 1 aliphatic rings. The lowest BCUT2D eigenvalue weighted by molar-refractivity contribution is -0.150. The van der Waals surface area contributed by atoms with E-state index in [1.165, 1.54) is 14.2 Å². The molecule has 0 saturated heterocycles. The number of amides is 2. The maximum atomic E-state index is 13.0. The van der Waals surface area contributed by atoms with Gasteiger partial charge in [-0.25, -0.2) is 0 Å². The van der Waals surface area contributed by atoms with Crippen molar-refractivity contribution in [3.8, 4) is 11.8 Å². The lowest BCUT2D eigenvalue weighted by Gasteiger charge is -2.31. The average molecular weight is 623 g/mol. The molecule has 0 radical (unpaired) electrons. The van der Waals surface area contributed by atoms with E-state index in [4.69, 9.17) is 9.47 Å². The second-order valence-corrected chi connectivity index (χ2v) is 10.2. The molecule has 8 nitrogen and oxygen atoms in total. The van der Waals surface area contributed by atoms with E-state index in [2.05, 4.69) is 48.6 Å².